The van der Waals surface area contributed by atoms with Crippen molar-refractivity contribution < 1.29 is 5.11 Å². The largest absolute Gasteiger partial charge is 0.392 e. The lowest BCUT2D eigenvalue weighted by atomic mass is 9.92. The molecular formula is C14H20ClNO. The van der Waals surface area contributed by atoms with Crippen LogP contribution in [0.3, 0.4) is 0 Å². The third kappa shape index (κ3) is 2.75. The maximum atomic E-state index is 9.41. The lowest BCUT2D eigenvalue weighted by Crippen LogP contribution is -2.40. The minimum atomic E-state index is 0.0747. The minimum absolute atomic E-state index is 0.0747. The van der Waals surface area contributed by atoms with Crippen LogP contribution < -0.4 is 4.90 Å². The molecule has 0 aromatic heterocycles. The molecule has 2 unspecified atom stereocenters. The average molecular weight is 254 g/mol. The normalized spacial score (nSPS) is 25.1. The zero-order valence-corrected chi connectivity index (χ0v) is 11.2. The molecule has 3 heteroatoms. The van der Waals surface area contributed by atoms with Crippen molar-refractivity contribution in [3.05, 3.63) is 28.8 Å². The van der Waals surface area contributed by atoms with Crippen LogP contribution in [0.2, 0.25) is 5.02 Å². The van der Waals surface area contributed by atoms with Crippen LogP contribution in [0, 0.1) is 5.92 Å². The molecule has 1 saturated heterocycles. The van der Waals surface area contributed by atoms with Crippen molar-refractivity contribution >= 4 is 17.3 Å². The fourth-order valence-corrected chi connectivity index (χ4v) is 2.87. The first kappa shape index (κ1) is 12.7. The molecule has 1 N–H and O–H groups in total. The summed E-state index contributed by atoms with van der Waals surface area (Å²) in [6.07, 6.45) is 2.42. The zero-order chi connectivity index (χ0) is 12.4. The molecule has 2 nitrogen and oxygen atoms in total. The number of rotatable bonds is 2. The quantitative estimate of drug-likeness (QED) is 0.873. The van der Waals surface area contributed by atoms with Crippen molar-refractivity contribution in [3.63, 3.8) is 0 Å². The summed E-state index contributed by atoms with van der Waals surface area (Å²) >= 11 is 6.06. The summed E-state index contributed by atoms with van der Waals surface area (Å²) in [6, 6.07) is 6.25. The highest BCUT2D eigenvalue weighted by atomic mass is 35.5. The maximum absolute atomic E-state index is 9.41. The van der Waals surface area contributed by atoms with E-state index in [1.165, 1.54) is 12.8 Å². The molecule has 0 bridgehead atoms. The van der Waals surface area contributed by atoms with E-state index in [1.807, 2.05) is 18.2 Å². The molecule has 0 aliphatic carbocycles. The zero-order valence-electron chi connectivity index (χ0n) is 10.5. The highest BCUT2D eigenvalue weighted by molar-refractivity contribution is 6.30. The van der Waals surface area contributed by atoms with Gasteiger partial charge < -0.3 is 10.0 Å². The van der Waals surface area contributed by atoms with Crippen molar-refractivity contribution in [3.8, 4) is 0 Å². The van der Waals surface area contributed by atoms with E-state index in [9.17, 15) is 5.11 Å². The SMILES string of the molecule is CC1CCN(c2cc(Cl)ccc2CO)C(C)C1. The summed E-state index contributed by atoms with van der Waals surface area (Å²) in [5.41, 5.74) is 2.07. The molecule has 1 aliphatic rings. The molecular weight excluding hydrogens is 234 g/mol. The van der Waals surface area contributed by atoms with Crippen molar-refractivity contribution in [2.24, 2.45) is 5.92 Å². The number of piperidine rings is 1. The van der Waals surface area contributed by atoms with E-state index < -0.39 is 0 Å². The van der Waals surface area contributed by atoms with Gasteiger partial charge in [-0.25, -0.2) is 0 Å². The highest BCUT2D eigenvalue weighted by Crippen LogP contribution is 2.32. The third-order valence-corrected chi connectivity index (χ3v) is 3.90. The number of halogens is 1. The smallest absolute Gasteiger partial charge is 0.0702 e. The Kier molecular flexibility index (Phi) is 3.95. The first-order valence-corrected chi connectivity index (χ1v) is 6.65. The Morgan fingerprint density at radius 1 is 1.41 bits per heavy atom. The van der Waals surface area contributed by atoms with Gasteiger partial charge in [-0.2, -0.15) is 0 Å². The fraction of sp³-hybridized carbons (Fsp3) is 0.571. The van der Waals surface area contributed by atoms with Gasteiger partial charge in [0.1, 0.15) is 0 Å². The molecule has 1 fully saturated rings. The number of aliphatic hydroxyl groups is 1. The van der Waals surface area contributed by atoms with Crippen LogP contribution in [0.5, 0.6) is 0 Å². The average Bonchev–Trinajstić information content (AvgIpc) is 2.29. The van der Waals surface area contributed by atoms with Crippen molar-refractivity contribution in [1.82, 2.24) is 0 Å². The number of anilines is 1. The molecule has 1 aromatic rings. The molecule has 2 atom stereocenters. The molecule has 2 rings (SSSR count). The Bertz CT molecular complexity index is 394. The highest BCUT2D eigenvalue weighted by Gasteiger charge is 2.24. The van der Waals surface area contributed by atoms with Gasteiger partial charge in [0.25, 0.3) is 0 Å². The van der Waals surface area contributed by atoms with Gasteiger partial charge >= 0.3 is 0 Å². The lowest BCUT2D eigenvalue weighted by molar-refractivity contribution is 0.281. The molecule has 1 aliphatic heterocycles. The van der Waals surface area contributed by atoms with Gasteiger partial charge in [-0.3, -0.25) is 0 Å². The Hall–Kier alpha value is -0.730. The molecule has 17 heavy (non-hydrogen) atoms. The van der Waals surface area contributed by atoms with Crippen LogP contribution in [0.1, 0.15) is 32.3 Å². The van der Waals surface area contributed by atoms with E-state index in [0.717, 1.165) is 28.7 Å². The number of hydrogen-bond acceptors (Lipinski definition) is 2. The van der Waals surface area contributed by atoms with E-state index in [1.54, 1.807) is 0 Å². The number of nitrogens with zero attached hydrogens (tertiary/aromatic N) is 1. The second-order valence-electron chi connectivity index (χ2n) is 5.10. The van der Waals surface area contributed by atoms with Crippen molar-refractivity contribution in [1.29, 1.82) is 0 Å². The van der Waals surface area contributed by atoms with Crippen LogP contribution in [0.15, 0.2) is 18.2 Å². The number of hydrogen-bond donors (Lipinski definition) is 1. The van der Waals surface area contributed by atoms with Crippen LogP contribution >= 0.6 is 11.6 Å². The molecule has 0 radical (unpaired) electrons. The summed E-state index contributed by atoms with van der Waals surface area (Å²) in [7, 11) is 0. The summed E-state index contributed by atoms with van der Waals surface area (Å²) < 4.78 is 0. The minimum Gasteiger partial charge on any atom is -0.392 e. The standard InChI is InChI=1S/C14H20ClNO/c1-10-5-6-16(11(2)7-10)14-8-13(15)4-3-12(14)9-17/h3-4,8,10-11,17H,5-7,9H2,1-2H3. The van der Waals surface area contributed by atoms with E-state index in [-0.39, 0.29) is 6.61 Å². The lowest BCUT2D eigenvalue weighted by Gasteiger charge is -2.39. The first-order chi connectivity index (χ1) is 8.11. The van der Waals surface area contributed by atoms with E-state index in [0.29, 0.717) is 6.04 Å². The van der Waals surface area contributed by atoms with Crippen LogP contribution in [-0.4, -0.2) is 17.7 Å². The molecule has 0 spiro atoms. The van der Waals surface area contributed by atoms with E-state index in [4.69, 9.17) is 11.6 Å². The van der Waals surface area contributed by atoms with Crippen molar-refractivity contribution in [2.75, 3.05) is 11.4 Å². The van der Waals surface area contributed by atoms with Crippen LogP contribution in [0.4, 0.5) is 5.69 Å². The Labute approximate surface area is 108 Å². The summed E-state index contributed by atoms with van der Waals surface area (Å²) in [4.78, 5) is 2.37. The van der Waals surface area contributed by atoms with Gasteiger partial charge in [0, 0.05) is 28.9 Å². The fourth-order valence-electron chi connectivity index (χ4n) is 2.70. The van der Waals surface area contributed by atoms with E-state index in [2.05, 4.69) is 18.7 Å². The Morgan fingerprint density at radius 2 is 2.18 bits per heavy atom. The van der Waals surface area contributed by atoms with Gasteiger partial charge in [-0.05, 0) is 37.8 Å². The second-order valence-corrected chi connectivity index (χ2v) is 5.54. The summed E-state index contributed by atoms with van der Waals surface area (Å²) in [6.45, 7) is 5.68. The topological polar surface area (TPSA) is 23.5 Å². The van der Waals surface area contributed by atoms with Gasteiger partial charge in [0.15, 0.2) is 0 Å². The monoisotopic (exact) mass is 253 g/mol. The van der Waals surface area contributed by atoms with Gasteiger partial charge in [-0.1, -0.05) is 24.6 Å². The molecule has 94 valence electrons. The Balaban J connectivity index is 2.29. The van der Waals surface area contributed by atoms with Gasteiger partial charge in [0.2, 0.25) is 0 Å². The van der Waals surface area contributed by atoms with Gasteiger partial charge in [-0.15, -0.1) is 0 Å². The molecule has 0 saturated carbocycles. The maximum Gasteiger partial charge on any atom is 0.0702 e. The van der Waals surface area contributed by atoms with Gasteiger partial charge in [0.05, 0.1) is 6.61 Å². The van der Waals surface area contributed by atoms with E-state index >= 15 is 0 Å². The number of aliphatic hydroxyl groups excluding tert-OH is 1. The predicted molar refractivity (Wildman–Crippen MR) is 72.6 cm³/mol. The van der Waals surface area contributed by atoms with Crippen molar-refractivity contribution in [2.45, 2.75) is 39.3 Å². The molecule has 0 amide bonds. The first-order valence-electron chi connectivity index (χ1n) is 6.27. The summed E-state index contributed by atoms with van der Waals surface area (Å²) in [5.74, 6) is 0.790. The second kappa shape index (κ2) is 5.28. The van der Waals surface area contributed by atoms with Crippen LogP contribution in [-0.2, 0) is 6.61 Å². The predicted octanol–water partition coefficient (Wildman–Crippen LogP) is 3.46. The van der Waals surface area contributed by atoms with Crippen LogP contribution in [0.25, 0.3) is 0 Å². The Morgan fingerprint density at radius 3 is 2.82 bits per heavy atom. The molecule has 1 heterocycles. The third-order valence-electron chi connectivity index (χ3n) is 3.67. The summed E-state index contributed by atoms with van der Waals surface area (Å²) in [5, 5.41) is 10.1. The number of benzene rings is 1. The molecule has 1 aromatic carbocycles.